The predicted octanol–water partition coefficient (Wildman–Crippen LogP) is 2.54. The van der Waals surface area contributed by atoms with Crippen LogP contribution in [0.1, 0.15) is 32.3 Å². The number of hydrogen-bond donors (Lipinski definition) is 2. The summed E-state index contributed by atoms with van der Waals surface area (Å²) in [6.07, 6.45) is 1.04. The number of benzene rings is 1. The number of hydrogen-bond acceptors (Lipinski definition) is 2. The number of anilines is 1. The van der Waals surface area contributed by atoms with E-state index in [4.69, 9.17) is 5.11 Å². The second kappa shape index (κ2) is 7.55. The zero-order valence-corrected chi connectivity index (χ0v) is 11.2. The molecule has 102 valence electrons. The summed E-state index contributed by atoms with van der Waals surface area (Å²) in [5.41, 5.74) is 0.746. The van der Waals surface area contributed by atoms with Gasteiger partial charge in [-0.25, -0.2) is 4.39 Å². The van der Waals surface area contributed by atoms with Gasteiger partial charge in [-0.1, -0.05) is 25.7 Å². The fraction of sp³-hybridized carbons (Fsp3) is 0.400. The summed E-state index contributed by atoms with van der Waals surface area (Å²) in [6, 6.07) is 4.28. The third-order valence-corrected chi connectivity index (χ3v) is 2.75. The van der Waals surface area contributed by atoms with E-state index in [1.165, 1.54) is 18.2 Å². The lowest BCUT2D eigenvalue weighted by atomic mass is 10.1. The number of carbonyl (C=O) groups is 1. The summed E-state index contributed by atoms with van der Waals surface area (Å²) in [4.78, 5) is 11.7. The molecule has 1 aromatic carbocycles. The van der Waals surface area contributed by atoms with Crippen LogP contribution in [0.2, 0.25) is 0 Å². The molecule has 0 aliphatic carbocycles. The lowest BCUT2D eigenvalue weighted by Crippen LogP contribution is -2.19. The summed E-state index contributed by atoms with van der Waals surface area (Å²) in [5.74, 6) is 4.67. The number of amides is 1. The average Bonchev–Trinajstić information content (AvgIpc) is 2.41. The maximum absolute atomic E-state index is 13.5. The molecule has 0 aliphatic rings. The molecule has 0 spiro atoms. The number of carbonyl (C=O) groups excluding carboxylic acids is 1. The molecular weight excluding hydrogens is 245 g/mol. The van der Waals surface area contributed by atoms with E-state index >= 15 is 0 Å². The Morgan fingerprint density at radius 1 is 1.53 bits per heavy atom. The minimum Gasteiger partial charge on any atom is -0.395 e. The van der Waals surface area contributed by atoms with Crippen LogP contribution in [0.15, 0.2) is 18.2 Å². The third kappa shape index (κ3) is 4.72. The Morgan fingerprint density at radius 3 is 2.89 bits per heavy atom. The molecule has 4 heteroatoms. The molecule has 0 saturated carbocycles. The first-order chi connectivity index (χ1) is 9.08. The van der Waals surface area contributed by atoms with Gasteiger partial charge in [0.2, 0.25) is 5.91 Å². The minimum absolute atomic E-state index is 0.0565. The van der Waals surface area contributed by atoms with Crippen LogP contribution in [0.3, 0.4) is 0 Å². The van der Waals surface area contributed by atoms with E-state index in [9.17, 15) is 9.18 Å². The number of aliphatic hydroxyl groups is 1. The summed E-state index contributed by atoms with van der Waals surface area (Å²) >= 11 is 0. The zero-order valence-electron chi connectivity index (χ0n) is 11.2. The Kier molecular flexibility index (Phi) is 6.04. The fourth-order valence-electron chi connectivity index (χ4n) is 1.36. The van der Waals surface area contributed by atoms with Gasteiger partial charge in [0.25, 0.3) is 0 Å². The van der Waals surface area contributed by atoms with Gasteiger partial charge >= 0.3 is 0 Å². The van der Waals surface area contributed by atoms with Crippen LogP contribution >= 0.6 is 0 Å². The second-order valence-electron chi connectivity index (χ2n) is 4.27. The van der Waals surface area contributed by atoms with Crippen LogP contribution in [-0.4, -0.2) is 17.6 Å². The van der Waals surface area contributed by atoms with Crippen molar-refractivity contribution in [2.24, 2.45) is 5.92 Å². The Morgan fingerprint density at radius 2 is 2.26 bits per heavy atom. The molecule has 1 amide bonds. The molecule has 0 fully saturated rings. The lowest BCUT2D eigenvalue weighted by molar-refractivity contribution is -0.119. The minimum atomic E-state index is -0.438. The van der Waals surface area contributed by atoms with E-state index in [2.05, 4.69) is 17.2 Å². The normalized spacial score (nSPS) is 11.4. The summed E-state index contributed by atoms with van der Waals surface area (Å²) in [5, 5.41) is 11.3. The first-order valence-corrected chi connectivity index (χ1v) is 6.28. The maximum Gasteiger partial charge on any atom is 0.227 e. The van der Waals surface area contributed by atoms with E-state index in [0.717, 1.165) is 6.42 Å². The SMILES string of the molecule is CCC(C)C(=O)Nc1ccc(F)c(C#CCCO)c1. The highest BCUT2D eigenvalue weighted by Crippen LogP contribution is 2.15. The molecular formula is C15H18FNO2. The molecule has 3 nitrogen and oxygen atoms in total. The van der Waals surface area contributed by atoms with Crippen molar-refractivity contribution in [1.82, 2.24) is 0 Å². The second-order valence-corrected chi connectivity index (χ2v) is 4.27. The van der Waals surface area contributed by atoms with Gasteiger partial charge in [0.05, 0.1) is 12.2 Å². The standard InChI is InChI=1S/C15H18FNO2/c1-3-11(2)15(19)17-13-7-8-14(16)12(10-13)6-4-5-9-18/h7-8,10-11,18H,3,5,9H2,1-2H3,(H,17,19). The molecule has 1 unspecified atom stereocenters. The highest BCUT2D eigenvalue weighted by Gasteiger charge is 2.11. The fourth-order valence-corrected chi connectivity index (χ4v) is 1.36. The average molecular weight is 263 g/mol. The molecule has 0 aliphatic heterocycles. The molecule has 0 heterocycles. The van der Waals surface area contributed by atoms with Crippen LogP contribution in [0, 0.1) is 23.6 Å². The van der Waals surface area contributed by atoms with Crippen LogP contribution < -0.4 is 5.32 Å². The zero-order chi connectivity index (χ0) is 14.3. The molecule has 2 N–H and O–H groups in total. The van der Waals surface area contributed by atoms with Crippen molar-refractivity contribution >= 4 is 11.6 Å². The van der Waals surface area contributed by atoms with Crippen molar-refractivity contribution in [3.8, 4) is 11.8 Å². The number of aliphatic hydroxyl groups excluding tert-OH is 1. The largest absolute Gasteiger partial charge is 0.395 e. The van der Waals surface area contributed by atoms with E-state index in [1.54, 1.807) is 0 Å². The van der Waals surface area contributed by atoms with Gasteiger partial charge in [0, 0.05) is 18.0 Å². The van der Waals surface area contributed by atoms with Gasteiger partial charge in [-0.05, 0) is 24.6 Å². The molecule has 1 rings (SSSR count). The van der Waals surface area contributed by atoms with Crippen molar-refractivity contribution in [2.75, 3.05) is 11.9 Å². The summed E-state index contributed by atoms with van der Waals surface area (Å²) in [6.45, 7) is 3.71. The maximum atomic E-state index is 13.5. The summed E-state index contributed by atoms with van der Waals surface area (Å²) < 4.78 is 13.5. The molecule has 1 atom stereocenters. The van der Waals surface area contributed by atoms with E-state index < -0.39 is 5.82 Å². The highest BCUT2D eigenvalue weighted by molar-refractivity contribution is 5.92. The first-order valence-electron chi connectivity index (χ1n) is 6.28. The Labute approximate surface area is 112 Å². The van der Waals surface area contributed by atoms with Crippen LogP contribution in [0.5, 0.6) is 0 Å². The van der Waals surface area contributed by atoms with Gasteiger partial charge in [-0.3, -0.25) is 4.79 Å². The Hall–Kier alpha value is -1.86. The molecule has 0 radical (unpaired) electrons. The topological polar surface area (TPSA) is 49.3 Å². The van der Waals surface area contributed by atoms with Crippen molar-refractivity contribution in [2.45, 2.75) is 26.7 Å². The van der Waals surface area contributed by atoms with Gasteiger partial charge < -0.3 is 10.4 Å². The van der Waals surface area contributed by atoms with Crippen molar-refractivity contribution in [3.05, 3.63) is 29.6 Å². The van der Waals surface area contributed by atoms with E-state index in [-0.39, 0.29) is 24.0 Å². The first kappa shape index (κ1) is 15.2. The van der Waals surface area contributed by atoms with Crippen molar-refractivity contribution in [3.63, 3.8) is 0 Å². The highest BCUT2D eigenvalue weighted by atomic mass is 19.1. The van der Waals surface area contributed by atoms with E-state index in [1.807, 2.05) is 13.8 Å². The number of nitrogens with one attached hydrogen (secondary N) is 1. The molecule has 19 heavy (non-hydrogen) atoms. The number of halogens is 1. The van der Waals surface area contributed by atoms with Gasteiger partial charge in [-0.15, -0.1) is 0 Å². The Balaban J connectivity index is 2.85. The van der Waals surface area contributed by atoms with Crippen LogP contribution in [-0.2, 0) is 4.79 Å². The number of rotatable bonds is 4. The van der Waals surface area contributed by atoms with Gasteiger partial charge in [-0.2, -0.15) is 0 Å². The van der Waals surface area contributed by atoms with Gasteiger partial charge in [0.1, 0.15) is 5.82 Å². The summed E-state index contributed by atoms with van der Waals surface area (Å²) in [7, 11) is 0. The quantitative estimate of drug-likeness (QED) is 0.820. The van der Waals surface area contributed by atoms with Crippen LogP contribution in [0.4, 0.5) is 10.1 Å². The Bertz CT molecular complexity index is 503. The molecule has 1 aromatic rings. The lowest BCUT2D eigenvalue weighted by Gasteiger charge is -2.10. The van der Waals surface area contributed by atoms with E-state index in [0.29, 0.717) is 12.1 Å². The third-order valence-electron chi connectivity index (χ3n) is 2.75. The van der Waals surface area contributed by atoms with Crippen LogP contribution in [0.25, 0.3) is 0 Å². The predicted molar refractivity (Wildman–Crippen MR) is 73.1 cm³/mol. The molecule has 0 aromatic heterocycles. The smallest absolute Gasteiger partial charge is 0.227 e. The monoisotopic (exact) mass is 263 g/mol. The molecule has 0 saturated heterocycles. The van der Waals surface area contributed by atoms with Crippen molar-refractivity contribution < 1.29 is 14.3 Å². The van der Waals surface area contributed by atoms with Crippen molar-refractivity contribution in [1.29, 1.82) is 0 Å². The molecule has 0 bridgehead atoms. The van der Waals surface area contributed by atoms with Gasteiger partial charge in [0.15, 0.2) is 0 Å².